The van der Waals surface area contributed by atoms with Crippen molar-refractivity contribution in [1.29, 1.82) is 0 Å². The van der Waals surface area contributed by atoms with Crippen LogP contribution in [0.3, 0.4) is 0 Å². The fourth-order valence-electron chi connectivity index (χ4n) is 2.77. The number of carbonyl (C=O) groups excluding carboxylic acids is 1. The van der Waals surface area contributed by atoms with Crippen molar-refractivity contribution in [3.05, 3.63) is 35.4 Å². The maximum atomic E-state index is 13.8. The van der Waals surface area contributed by atoms with Gasteiger partial charge in [0.2, 0.25) is 17.5 Å². The Kier molecular flexibility index (Phi) is 4.60. The van der Waals surface area contributed by atoms with Crippen LogP contribution < -0.4 is 10.2 Å². The van der Waals surface area contributed by atoms with E-state index in [-0.39, 0.29) is 37.7 Å². The predicted octanol–water partition coefficient (Wildman–Crippen LogP) is 2.79. The summed E-state index contributed by atoms with van der Waals surface area (Å²) in [6, 6.07) is 1.56. The van der Waals surface area contributed by atoms with E-state index in [1.54, 1.807) is 13.0 Å². The van der Waals surface area contributed by atoms with Crippen LogP contribution in [0.1, 0.15) is 18.6 Å². The number of hydrogen-bond acceptors (Lipinski definition) is 5. The van der Waals surface area contributed by atoms with Crippen molar-refractivity contribution in [2.45, 2.75) is 19.8 Å². The molecule has 0 radical (unpaired) electrons. The smallest absolute Gasteiger partial charge is 0.253 e. The molecule has 134 valence electrons. The number of halogens is 4. The first-order valence-electron chi connectivity index (χ1n) is 7.56. The van der Waals surface area contributed by atoms with Crippen molar-refractivity contribution in [1.82, 2.24) is 10.1 Å². The highest BCUT2D eigenvalue weighted by atomic mass is 19.2. The molecule has 1 fully saturated rings. The van der Waals surface area contributed by atoms with Crippen molar-refractivity contribution in [3.63, 3.8) is 0 Å². The number of nitrogens with one attached hydrogen (secondary N) is 1. The molecule has 0 saturated carbocycles. The first-order valence-corrected chi connectivity index (χ1v) is 7.56. The maximum absolute atomic E-state index is 13.8. The molecular formula is C15H14F4N4O2. The molecule has 0 atom stereocenters. The highest BCUT2D eigenvalue weighted by Crippen LogP contribution is 2.30. The van der Waals surface area contributed by atoms with Crippen molar-refractivity contribution >= 4 is 17.4 Å². The van der Waals surface area contributed by atoms with E-state index in [1.807, 2.05) is 0 Å². The Bertz CT molecular complexity index is 777. The summed E-state index contributed by atoms with van der Waals surface area (Å²) in [4.78, 5) is 15.9. The zero-order valence-corrected chi connectivity index (χ0v) is 13.2. The van der Waals surface area contributed by atoms with E-state index < -0.39 is 35.1 Å². The number of anilines is 2. The number of aryl methyl sites for hydroxylation is 1. The van der Waals surface area contributed by atoms with E-state index >= 15 is 0 Å². The predicted molar refractivity (Wildman–Crippen MR) is 78.9 cm³/mol. The van der Waals surface area contributed by atoms with Crippen LogP contribution in [0.2, 0.25) is 0 Å². The van der Waals surface area contributed by atoms with Crippen molar-refractivity contribution in [2.75, 3.05) is 23.3 Å². The van der Waals surface area contributed by atoms with Gasteiger partial charge in [0.1, 0.15) is 11.4 Å². The van der Waals surface area contributed by atoms with Crippen LogP contribution in [-0.2, 0) is 4.79 Å². The van der Waals surface area contributed by atoms with Crippen molar-refractivity contribution in [2.24, 2.45) is 5.92 Å². The monoisotopic (exact) mass is 358 g/mol. The number of nitrogens with zero attached hydrogens (tertiary/aromatic N) is 3. The fraction of sp³-hybridized carbons (Fsp3) is 0.400. The van der Waals surface area contributed by atoms with E-state index in [4.69, 9.17) is 4.52 Å². The Hall–Kier alpha value is -2.65. The number of pyridine rings is 1. The first-order chi connectivity index (χ1) is 11.9. The van der Waals surface area contributed by atoms with E-state index in [9.17, 15) is 22.4 Å². The maximum Gasteiger partial charge on any atom is 0.253 e. The van der Waals surface area contributed by atoms with Crippen LogP contribution in [-0.4, -0.2) is 29.1 Å². The van der Waals surface area contributed by atoms with Crippen LogP contribution in [0.5, 0.6) is 0 Å². The standard InChI is InChI=1S/C15H14F4N4O2/c1-7-6-9(22-25-7)20-15(24)8-2-4-23(5-3-8)12-10(16)13(18)21-14(19)11(12)17/h6,8H,2-5H2,1H3,(H,20,22,24). The zero-order valence-electron chi connectivity index (χ0n) is 13.2. The molecule has 1 aliphatic heterocycles. The van der Waals surface area contributed by atoms with Gasteiger partial charge in [-0.2, -0.15) is 22.5 Å². The molecule has 25 heavy (non-hydrogen) atoms. The lowest BCUT2D eigenvalue weighted by molar-refractivity contribution is -0.120. The van der Waals surface area contributed by atoms with Gasteiger partial charge in [-0.3, -0.25) is 4.79 Å². The highest BCUT2D eigenvalue weighted by molar-refractivity contribution is 5.91. The number of aromatic nitrogens is 2. The summed E-state index contributed by atoms with van der Waals surface area (Å²) < 4.78 is 58.9. The second-order valence-corrected chi connectivity index (χ2v) is 5.74. The summed E-state index contributed by atoms with van der Waals surface area (Å²) in [6.07, 6.45) is 0.514. The van der Waals surface area contributed by atoms with E-state index in [2.05, 4.69) is 15.5 Å². The fourth-order valence-corrected chi connectivity index (χ4v) is 2.77. The summed E-state index contributed by atoms with van der Waals surface area (Å²) in [6.45, 7) is 1.80. The highest BCUT2D eigenvalue weighted by Gasteiger charge is 2.31. The van der Waals surface area contributed by atoms with E-state index in [0.717, 1.165) is 0 Å². The minimum Gasteiger partial charge on any atom is -0.366 e. The van der Waals surface area contributed by atoms with Crippen molar-refractivity contribution < 1.29 is 26.9 Å². The third-order valence-corrected chi connectivity index (χ3v) is 4.04. The lowest BCUT2D eigenvalue weighted by Gasteiger charge is -2.33. The van der Waals surface area contributed by atoms with Gasteiger partial charge in [-0.1, -0.05) is 5.16 Å². The lowest BCUT2D eigenvalue weighted by atomic mass is 9.95. The topological polar surface area (TPSA) is 71.3 Å². The third-order valence-electron chi connectivity index (χ3n) is 4.04. The Labute approximate surface area is 139 Å². The summed E-state index contributed by atoms with van der Waals surface area (Å²) in [5.74, 6) is -6.39. The van der Waals surface area contributed by atoms with Crippen LogP contribution in [0.25, 0.3) is 0 Å². The largest absolute Gasteiger partial charge is 0.366 e. The molecule has 2 aromatic rings. The minimum absolute atomic E-state index is 0.0622. The molecule has 1 aliphatic rings. The third kappa shape index (κ3) is 3.42. The first kappa shape index (κ1) is 17.2. The minimum atomic E-state index is -1.70. The summed E-state index contributed by atoms with van der Waals surface area (Å²) in [5.41, 5.74) is -0.795. The number of amides is 1. The van der Waals surface area contributed by atoms with Gasteiger partial charge >= 0.3 is 0 Å². The number of hydrogen-bond donors (Lipinski definition) is 1. The molecule has 0 spiro atoms. The van der Waals surface area contributed by atoms with E-state index in [1.165, 1.54) is 4.90 Å². The Balaban J connectivity index is 1.67. The molecule has 2 aromatic heterocycles. The molecular weight excluding hydrogens is 344 g/mol. The van der Waals surface area contributed by atoms with E-state index in [0.29, 0.717) is 5.76 Å². The number of rotatable bonds is 3. The quantitative estimate of drug-likeness (QED) is 0.675. The molecule has 3 heterocycles. The van der Waals surface area contributed by atoms with Gasteiger partial charge in [-0.15, -0.1) is 0 Å². The second kappa shape index (κ2) is 6.69. The van der Waals surface area contributed by atoms with Crippen LogP contribution >= 0.6 is 0 Å². The Morgan fingerprint density at radius 2 is 1.80 bits per heavy atom. The molecule has 0 unspecified atom stereocenters. The van der Waals surface area contributed by atoms with Gasteiger partial charge in [-0.25, -0.2) is 0 Å². The number of piperidine rings is 1. The summed E-state index contributed by atoms with van der Waals surface area (Å²) in [5, 5.41) is 6.24. The normalized spacial score (nSPS) is 15.5. The SMILES string of the molecule is Cc1cc(NC(=O)C2CCN(c3c(F)c(F)nc(F)c3F)CC2)no1. The molecule has 1 saturated heterocycles. The van der Waals surface area contributed by atoms with Crippen LogP contribution in [0, 0.1) is 36.4 Å². The van der Waals surface area contributed by atoms with Crippen LogP contribution in [0.4, 0.5) is 29.1 Å². The summed E-state index contributed by atoms with van der Waals surface area (Å²) >= 11 is 0. The van der Waals surface area contributed by atoms with Crippen molar-refractivity contribution in [3.8, 4) is 0 Å². The zero-order chi connectivity index (χ0) is 18.1. The number of carbonyl (C=O) groups is 1. The van der Waals surface area contributed by atoms with Gasteiger partial charge in [0, 0.05) is 25.1 Å². The molecule has 1 amide bonds. The molecule has 1 N–H and O–H groups in total. The molecule has 0 aliphatic carbocycles. The summed E-state index contributed by atoms with van der Waals surface area (Å²) in [7, 11) is 0. The van der Waals surface area contributed by atoms with Gasteiger partial charge < -0.3 is 14.7 Å². The molecule has 10 heteroatoms. The average molecular weight is 358 g/mol. The van der Waals surface area contributed by atoms with Gasteiger partial charge in [0.25, 0.3) is 11.9 Å². The van der Waals surface area contributed by atoms with Gasteiger partial charge in [-0.05, 0) is 19.8 Å². The molecule has 3 rings (SSSR count). The second-order valence-electron chi connectivity index (χ2n) is 5.74. The van der Waals surface area contributed by atoms with Gasteiger partial charge in [0.15, 0.2) is 5.82 Å². The lowest BCUT2D eigenvalue weighted by Crippen LogP contribution is -2.39. The Morgan fingerprint density at radius 1 is 1.20 bits per heavy atom. The van der Waals surface area contributed by atoms with Gasteiger partial charge in [0.05, 0.1) is 0 Å². The average Bonchev–Trinajstić information content (AvgIpc) is 2.99. The Morgan fingerprint density at radius 3 is 2.32 bits per heavy atom. The molecule has 0 aromatic carbocycles. The van der Waals surface area contributed by atoms with Crippen LogP contribution in [0.15, 0.2) is 10.6 Å². The molecule has 0 bridgehead atoms. The molecule has 6 nitrogen and oxygen atoms in total.